The van der Waals surface area contributed by atoms with Crippen LogP contribution in [-0.4, -0.2) is 32.8 Å². The Labute approximate surface area is 219 Å². The normalized spacial score (nSPS) is 15.9. The van der Waals surface area contributed by atoms with Crippen LogP contribution in [0.4, 0.5) is 5.69 Å². The van der Waals surface area contributed by atoms with Gasteiger partial charge in [-0.2, -0.15) is 0 Å². The first-order valence-corrected chi connectivity index (χ1v) is 12.0. The highest BCUT2D eigenvalue weighted by atomic mass is 16.5. The second-order valence-electron chi connectivity index (χ2n) is 9.02. The number of fused-ring (bicyclic) bond motifs is 3. The van der Waals surface area contributed by atoms with Crippen molar-refractivity contribution >= 4 is 22.6 Å². The van der Waals surface area contributed by atoms with Crippen LogP contribution in [0.5, 0.6) is 23.0 Å². The first-order chi connectivity index (χ1) is 18.4. The van der Waals surface area contributed by atoms with E-state index in [4.69, 9.17) is 23.4 Å². The molecule has 0 bridgehead atoms. The summed E-state index contributed by atoms with van der Waals surface area (Å²) >= 11 is 0. The van der Waals surface area contributed by atoms with E-state index in [0.29, 0.717) is 51.8 Å². The van der Waals surface area contributed by atoms with Gasteiger partial charge >= 0.3 is 5.63 Å². The van der Waals surface area contributed by atoms with Crippen LogP contribution in [0, 0.1) is 0 Å². The van der Waals surface area contributed by atoms with Gasteiger partial charge in [-0.3, -0.25) is 4.79 Å². The van der Waals surface area contributed by atoms with Gasteiger partial charge in [-0.25, -0.2) is 4.79 Å². The number of carbonyl (C=O) groups excluding carboxylic acids is 1. The summed E-state index contributed by atoms with van der Waals surface area (Å²) in [6.45, 7) is 6.05. The minimum Gasteiger partial charge on any atom is -0.497 e. The molecule has 8 heteroatoms. The highest BCUT2D eigenvalue weighted by Crippen LogP contribution is 2.46. The van der Waals surface area contributed by atoms with Crippen molar-refractivity contribution in [3.8, 4) is 23.0 Å². The van der Waals surface area contributed by atoms with Gasteiger partial charge in [0.1, 0.15) is 23.7 Å². The van der Waals surface area contributed by atoms with Gasteiger partial charge in [0, 0.05) is 5.69 Å². The zero-order valence-corrected chi connectivity index (χ0v) is 21.3. The molecule has 1 aromatic heterocycles. The molecule has 5 rings (SSSR count). The van der Waals surface area contributed by atoms with E-state index in [1.807, 2.05) is 13.0 Å². The average molecular weight is 514 g/mol. The predicted octanol–water partition coefficient (Wildman–Crippen LogP) is 5.30. The maximum Gasteiger partial charge on any atom is 0.344 e. The van der Waals surface area contributed by atoms with Gasteiger partial charge in [-0.15, -0.1) is 0 Å². The van der Waals surface area contributed by atoms with Crippen LogP contribution in [0.25, 0.3) is 11.0 Å². The van der Waals surface area contributed by atoms with Crippen molar-refractivity contribution in [1.29, 1.82) is 0 Å². The van der Waals surface area contributed by atoms with Crippen LogP contribution in [0.3, 0.4) is 0 Å². The molecule has 38 heavy (non-hydrogen) atoms. The fourth-order valence-electron chi connectivity index (χ4n) is 4.51. The van der Waals surface area contributed by atoms with Crippen molar-refractivity contribution in [3.63, 3.8) is 0 Å². The molecule has 0 fully saturated rings. The van der Waals surface area contributed by atoms with Gasteiger partial charge < -0.3 is 28.7 Å². The van der Waals surface area contributed by atoms with Crippen LogP contribution in [0.1, 0.15) is 24.0 Å². The lowest BCUT2D eigenvalue weighted by Crippen LogP contribution is -2.35. The van der Waals surface area contributed by atoms with E-state index in [0.717, 1.165) is 5.57 Å². The summed E-state index contributed by atoms with van der Waals surface area (Å²) in [6.07, 6.45) is -1.05. The fourth-order valence-corrected chi connectivity index (χ4v) is 4.51. The Kier molecular flexibility index (Phi) is 6.79. The third-order valence-electron chi connectivity index (χ3n) is 6.29. The van der Waals surface area contributed by atoms with Gasteiger partial charge in [-0.05, 0) is 66.6 Å². The number of anilines is 1. The van der Waals surface area contributed by atoms with Crippen molar-refractivity contribution in [1.82, 2.24) is 0 Å². The number of para-hydroxylation sites is 1. The van der Waals surface area contributed by atoms with Gasteiger partial charge in [0.15, 0.2) is 17.6 Å². The Hall–Kier alpha value is -4.72. The summed E-state index contributed by atoms with van der Waals surface area (Å²) in [5, 5.41) is 3.50. The number of hydrogen-bond acceptors (Lipinski definition) is 7. The number of nitrogens with one attached hydrogen (secondary N) is 1. The number of ether oxygens (including phenoxy) is 4. The van der Waals surface area contributed by atoms with Crippen LogP contribution < -0.4 is 29.9 Å². The summed E-state index contributed by atoms with van der Waals surface area (Å²) in [4.78, 5) is 26.8. The largest absolute Gasteiger partial charge is 0.497 e. The van der Waals surface area contributed by atoms with Gasteiger partial charge in [0.2, 0.25) is 0 Å². The molecule has 1 aliphatic heterocycles. The van der Waals surface area contributed by atoms with Crippen LogP contribution in [-0.2, 0) is 4.79 Å². The monoisotopic (exact) mass is 513 g/mol. The Morgan fingerprint density at radius 3 is 2.47 bits per heavy atom. The molecule has 0 saturated heterocycles. The lowest BCUT2D eigenvalue weighted by Gasteiger charge is -2.20. The third-order valence-corrected chi connectivity index (χ3v) is 6.29. The summed E-state index contributed by atoms with van der Waals surface area (Å²) in [5.41, 5.74) is 2.15. The van der Waals surface area contributed by atoms with E-state index >= 15 is 0 Å². The highest BCUT2D eigenvalue weighted by Gasteiger charge is 2.44. The number of hydrogen-bond donors (Lipinski definition) is 1. The smallest absolute Gasteiger partial charge is 0.344 e. The topological polar surface area (TPSA) is 96.2 Å². The Morgan fingerprint density at radius 1 is 1.00 bits per heavy atom. The van der Waals surface area contributed by atoms with E-state index in [-0.39, 0.29) is 5.56 Å². The summed E-state index contributed by atoms with van der Waals surface area (Å²) in [6, 6.07) is 19.3. The van der Waals surface area contributed by atoms with Crippen LogP contribution in [0.2, 0.25) is 0 Å². The first kappa shape index (κ1) is 25.0. The summed E-state index contributed by atoms with van der Waals surface area (Å²) in [7, 11) is 3.10. The second-order valence-corrected chi connectivity index (χ2v) is 9.02. The van der Waals surface area contributed by atoms with Crippen molar-refractivity contribution in [2.24, 2.45) is 0 Å². The highest BCUT2D eigenvalue weighted by molar-refractivity contribution is 5.97. The number of rotatable bonds is 8. The molecular formula is C30H27NO7. The first-order valence-electron chi connectivity index (χ1n) is 12.0. The summed E-state index contributed by atoms with van der Waals surface area (Å²) in [5.74, 6) is 0.795. The molecule has 3 aromatic carbocycles. The van der Waals surface area contributed by atoms with E-state index < -0.39 is 23.6 Å². The lowest BCUT2D eigenvalue weighted by atomic mass is 9.88. The molecule has 1 amide bonds. The molecule has 2 heterocycles. The molecule has 0 saturated carbocycles. The zero-order valence-electron chi connectivity index (χ0n) is 21.3. The molecule has 194 valence electrons. The molecular weight excluding hydrogens is 486 g/mol. The van der Waals surface area contributed by atoms with Gasteiger partial charge in [-0.1, -0.05) is 24.8 Å². The number of carbonyl (C=O) groups is 1. The van der Waals surface area contributed by atoms with Crippen molar-refractivity contribution in [2.45, 2.75) is 18.9 Å². The van der Waals surface area contributed by atoms with Crippen molar-refractivity contribution < 1.29 is 28.2 Å². The molecule has 8 nitrogen and oxygen atoms in total. The Balaban J connectivity index is 1.59. The standard InChI is InChI=1S/C30H27NO7/c1-17(2)16-36-23-14-9-18(15-24(23)35-4)25-26-27(21-7-5-6-8-22(21)37-30(26)33)38-28(25)29(32)31-19-10-12-20(34-3)13-11-19/h5-15,25,28H,1,16H2,2-4H3,(H,31,32)/t25-,28-/m1/s1. The minimum absolute atomic E-state index is 0.274. The van der Waals surface area contributed by atoms with Crippen LogP contribution in [0.15, 0.2) is 88.1 Å². The SMILES string of the molecule is C=C(C)COc1ccc([C@@H]2c3c(c4ccccc4oc3=O)O[C@H]2C(=O)Nc2ccc(OC)cc2)cc1OC. The van der Waals surface area contributed by atoms with E-state index in [2.05, 4.69) is 11.9 Å². The maximum absolute atomic E-state index is 13.6. The number of amides is 1. The number of benzene rings is 3. The summed E-state index contributed by atoms with van der Waals surface area (Å²) < 4.78 is 28.4. The molecule has 0 unspecified atom stereocenters. The van der Waals surface area contributed by atoms with Crippen LogP contribution >= 0.6 is 0 Å². The van der Waals surface area contributed by atoms with Gasteiger partial charge in [0.25, 0.3) is 5.91 Å². The molecule has 0 spiro atoms. The predicted molar refractivity (Wildman–Crippen MR) is 144 cm³/mol. The zero-order chi connectivity index (χ0) is 26.8. The Bertz CT molecular complexity index is 1570. The molecule has 0 aliphatic carbocycles. The van der Waals surface area contributed by atoms with E-state index in [9.17, 15) is 9.59 Å². The molecule has 1 aliphatic rings. The van der Waals surface area contributed by atoms with Crippen molar-refractivity contribution in [2.75, 3.05) is 26.1 Å². The quantitative estimate of drug-likeness (QED) is 0.252. The minimum atomic E-state index is -1.05. The lowest BCUT2D eigenvalue weighted by molar-refractivity contribution is -0.122. The second kappa shape index (κ2) is 10.3. The van der Waals surface area contributed by atoms with E-state index in [1.165, 1.54) is 7.11 Å². The maximum atomic E-state index is 13.6. The Morgan fingerprint density at radius 2 is 1.76 bits per heavy atom. The third kappa shape index (κ3) is 4.68. The average Bonchev–Trinajstić information content (AvgIpc) is 3.34. The fraction of sp³-hybridized carbons (Fsp3) is 0.200. The number of methoxy groups -OCH3 is 2. The molecule has 1 N–H and O–H groups in total. The molecule has 2 atom stereocenters. The van der Waals surface area contributed by atoms with Crippen molar-refractivity contribution in [3.05, 3.63) is 100 Å². The van der Waals surface area contributed by atoms with E-state index in [1.54, 1.807) is 67.8 Å². The molecule has 0 radical (unpaired) electrons. The molecule has 4 aromatic rings. The van der Waals surface area contributed by atoms with Gasteiger partial charge in [0.05, 0.1) is 31.1 Å².